The van der Waals surface area contributed by atoms with Crippen molar-refractivity contribution in [3.8, 4) is 0 Å². The SMILES string of the molecule is Cc1c(F)ccc(N2CC[C@](N)(C(=O)N3CCC[C@@H](O)C3)C2)c1Cn1cnc2c(N)ncnc21. The number of carbonyl (C=O) groups excluding carboxylic acids is 1. The van der Waals surface area contributed by atoms with Gasteiger partial charge in [-0.25, -0.2) is 19.3 Å². The van der Waals surface area contributed by atoms with E-state index in [1.165, 1.54) is 12.4 Å². The molecule has 2 fully saturated rings. The Morgan fingerprint density at radius 3 is 2.91 bits per heavy atom. The molecule has 0 bridgehead atoms. The third kappa shape index (κ3) is 3.84. The summed E-state index contributed by atoms with van der Waals surface area (Å²) in [6.07, 6.45) is 4.43. The van der Waals surface area contributed by atoms with Crippen molar-refractivity contribution in [3.05, 3.63) is 41.7 Å². The average Bonchev–Trinajstić information content (AvgIpc) is 3.42. The Bertz CT molecular complexity index is 1250. The lowest BCUT2D eigenvalue weighted by molar-refractivity contribution is -0.139. The molecule has 180 valence electrons. The lowest BCUT2D eigenvalue weighted by atomic mass is 9.96. The number of hydrogen-bond acceptors (Lipinski definition) is 8. The van der Waals surface area contributed by atoms with Gasteiger partial charge in [-0.2, -0.15) is 0 Å². The Balaban J connectivity index is 1.44. The molecule has 1 aromatic carbocycles. The van der Waals surface area contributed by atoms with Gasteiger partial charge in [0.2, 0.25) is 5.91 Å². The van der Waals surface area contributed by atoms with E-state index in [4.69, 9.17) is 11.5 Å². The van der Waals surface area contributed by atoms with Crippen molar-refractivity contribution in [2.75, 3.05) is 36.8 Å². The average molecular weight is 469 g/mol. The van der Waals surface area contributed by atoms with Crippen molar-refractivity contribution in [2.24, 2.45) is 5.73 Å². The van der Waals surface area contributed by atoms with Gasteiger partial charge in [0.25, 0.3) is 0 Å². The zero-order valence-corrected chi connectivity index (χ0v) is 19.1. The predicted octanol–water partition coefficient (Wildman–Crippen LogP) is 0.795. The fourth-order valence-electron chi connectivity index (χ4n) is 5.06. The molecule has 10 nitrogen and oxygen atoms in total. The smallest absolute Gasteiger partial charge is 0.244 e. The molecule has 0 saturated carbocycles. The summed E-state index contributed by atoms with van der Waals surface area (Å²) in [5.74, 6) is -0.162. The Labute approximate surface area is 196 Å². The summed E-state index contributed by atoms with van der Waals surface area (Å²) < 4.78 is 16.4. The lowest BCUT2D eigenvalue weighted by Gasteiger charge is -2.36. The minimum Gasteiger partial charge on any atom is -0.391 e. The molecule has 0 spiro atoms. The van der Waals surface area contributed by atoms with Gasteiger partial charge < -0.3 is 30.9 Å². The minimum atomic E-state index is -1.06. The molecule has 1 amide bonds. The molecular formula is C23H29FN8O2. The van der Waals surface area contributed by atoms with E-state index in [-0.39, 0.29) is 17.5 Å². The van der Waals surface area contributed by atoms with E-state index in [9.17, 15) is 14.3 Å². The third-order valence-electron chi connectivity index (χ3n) is 7.02. The number of amides is 1. The van der Waals surface area contributed by atoms with E-state index in [0.29, 0.717) is 62.3 Å². The summed E-state index contributed by atoms with van der Waals surface area (Å²) >= 11 is 0. The van der Waals surface area contributed by atoms with Crippen molar-refractivity contribution in [1.29, 1.82) is 0 Å². The first-order valence-corrected chi connectivity index (χ1v) is 11.5. The number of aliphatic hydroxyl groups is 1. The standard InChI is InChI=1S/C23H29FN8O2/c1-14-16(10-32-13-29-19-20(25)27-12-28-21(19)32)18(5-4-17(14)24)31-8-6-23(26,11-31)22(34)30-7-2-3-15(33)9-30/h4-5,12-13,15,33H,2-3,6-11,26H2,1H3,(H2,25,27,28)/t15-,23-/m1/s1. The quantitative estimate of drug-likeness (QED) is 0.511. The second-order valence-electron chi connectivity index (χ2n) is 9.35. The molecule has 0 radical (unpaired) electrons. The molecule has 2 aliphatic heterocycles. The van der Waals surface area contributed by atoms with Gasteiger partial charge in [0.1, 0.15) is 23.2 Å². The number of likely N-dealkylation sites (tertiary alicyclic amines) is 1. The molecule has 5 N–H and O–H groups in total. The fourth-order valence-corrected chi connectivity index (χ4v) is 5.06. The van der Waals surface area contributed by atoms with Gasteiger partial charge in [0.15, 0.2) is 11.5 Å². The number of aromatic nitrogens is 4. The fraction of sp³-hybridized carbons (Fsp3) is 0.478. The normalized spacial score (nSPS) is 23.1. The highest BCUT2D eigenvalue weighted by atomic mass is 19.1. The van der Waals surface area contributed by atoms with Gasteiger partial charge in [0, 0.05) is 37.4 Å². The van der Waals surface area contributed by atoms with Crippen molar-refractivity contribution in [2.45, 2.75) is 44.4 Å². The summed E-state index contributed by atoms with van der Waals surface area (Å²) in [6.45, 7) is 3.87. The highest BCUT2D eigenvalue weighted by Crippen LogP contribution is 2.33. The van der Waals surface area contributed by atoms with Gasteiger partial charge in [-0.05, 0) is 43.9 Å². The first kappa shape index (κ1) is 22.5. The summed E-state index contributed by atoms with van der Waals surface area (Å²) in [7, 11) is 0. The summed E-state index contributed by atoms with van der Waals surface area (Å²) in [5, 5.41) is 9.99. The van der Waals surface area contributed by atoms with Crippen molar-refractivity contribution < 1.29 is 14.3 Å². The molecular weight excluding hydrogens is 439 g/mol. The zero-order valence-electron chi connectivity index (χ0n) is 19.1. The molecule has 0 unspecified atom stereocenters. The van der Waals surface area contributed by atoms with E-state index >= 15 is 0 Å². The zero-order chi connectivity index (χ0) is 24.0. The van der Waals surface area contributed by atoms with Crippen molar-refractivity contribution in [1.82, 2.24) is 24.4 Å². The van der Waals surface area contributed by atoms with Crippen LogP contribution in [0.3, 0.4) is 0 Å². The number of carbonyl (C=O) groups is 1. The van der Waals surface area contributed by atoms with Crippen LogP contribution in [0.15, 0.2) is 24.8 Å². The van der Waals surface area contributed by atoms with Gasteiger partial charge in [-0.3, -0.25) is 4.79 Å². The number of nitrogen functional groups attached to an aromatic ring is 1. The number of anilines is 2. The third-order valence-corrected chi connectivity index (χ3v) is 7.02. The summed E-state index contributed by atoms with van der Waals surface area (Å²) in [5.41, 5.74) is 14.6. The molecule has 5 rings (SSSR count). The number of imidazole rings is 1. The van der Waals surface area contributed by atoms with Crippen LogP contribution < -0.4 is 16.4 Å². The molecule has 34 heavy (non-hydrogen) atoms. The van der Waals surface area contributed by atoms with Crippen LogP contribution in [0, 0.1) is 12.7 Å². The molecule has 3 aromatic rings. The van der Waals surface area contributed by atoms with Crippen molar-refractivity contribution >= 4 is 28.6 Å². The number of halogens is 1. The number of aliphatic hydroxyl groups excluding tert-OH is 1. The first-order valence-electron chi connectivity index (χ1n) is 11.5. The largest absolute Gasteiger partial charge is 0.391 e. The predicted molar refractivity (Wildman–Crippen MR) is 126 cm³/mol. The van der Waals surface area contributed by atoms with E-state index in [0.717, 1.165) is 17.7 Å². The molecule has 11 heteroatoms. The van der Waals surface area contributed by atoms with Gasteiger partial charge in [-0.1, -0.05) is 0 Å². The van der Waals surface area contributed by atoms with E-state index in [2.05, 4.69) is 15.0 Å². The monoisotopic (exact) mass is 468 g/mol. The maximum Gasteiger partial charge on any atom is 0.244 e. The van der Waals surface area contributed by atoms with Gasteiger partial charge in [-0.15, -0.1) is 0 Å². The number of β-amino-alcohol motifs (C(OH)–C–C–N with tert-alkyl or cyclic N) is 1. The number of rotatable bonds is 4. The number of piperidine rings is 1. The van der Waals surface area contributed by atoms with Crippen LogP contribution in [0.5, 0.6) is 0 Å². The summed E-state index contributed by atoms with van der Waals surface area (Å²) in [4.78, 5) is 29.5. The topological polar surface area (TPSA) is 139 Å². The van der Waals surface area contributed by atoms with E-state index in [1.54, 1.807) is 24.2 Å². The molecule has 2 atom stereocenters. The van der Waals surface area contributed by atoms with Crippen LogP contribution in [0.2, 0.25) is 0 Å². The molecule has 2 saturated heterocycles. The highest BCUT2D eigenvalue weighted by molar-refractivity contribution is 5.88. The Morgan fingerprint density at radius 2 is 2.12 bits per heavy atom. The van der Waals surface area contributed by atoms with Crippen LogP contribution >= 0.6 is 0 Å². The Morgan fingerprint density at radius 1 is 1.29 bits per heavy atom. The molecule has 0 aliphatic carbocycles. The second kappa shape index (κ2) is 8.48. The molecule has 4 heterocycles. The van der Waals surface area contributed by atoms with Gasteiger partial charge in [0.05, 0.1) is 19.0 Å². The molecule has 2 aromatic heterocycles. The van der Waals surface area contributed by atoms with Crippen LogP contribution in [-0.2, 0) is 11.3 Å². The maximum atomic E-state index is 14.6. The van der Waals surface area contributed by atoms with Crippen LogP contribution in [0.1, 0.15) is 30.4 Å². The van der Waals surface area contributed by atoms with E-state index in [1.807, 2.05) is 9.47 Å². The van der Waals surface area contributed by atoms with E-state index < -0.39 is 11.6 Å². The minimum absolute atomic E-state index is 0.137. The lowest BCUT2D eigenvalue weighted by Crippen LogP contribution is -2.59. The Kier molecular flexibility index (Phi) is 5.61. The highest BCUT2D eigenvalue weighted by Gasteiger charge is 2.44. The number of nitrogens with two attached hydrogens (primary N) is 2. The van der Waals surface area contributed by atoms with Gasteiger partial charge >= 0.3 is 0 Å². The van der Waals surface area contributed by atoms with Crippen LogP contribution in [-0.4, -0.2) is 73.3 Å². The second-order valence-corrected chi connectivity index (χ2v) is 9.35. The number of hydrogen-bond donors (Lipinski definition) is 3. The number of fused-ring (bicyclic) bond motifs is 1. The molecule has 2 aliphatic rings. The maximum absolute atomic E-state index is 14.6. The van der Waals surface area contributed by atoms with Crippen LogP contribution in [0.4, 0.5) is 15.9 Å². The van der Waals surface area contributed by atoms with Crippen molar-refractivity contribution in [3.63, 3.8) is 0 Å². The summed E-state index contributed by atoms with van der Waals surface area (Å²) in [6, 6.07) is 3.18. The van der Waals surface area contributed by atoms with Crippen LogP contribution in [0.25, 0.3) is 11.2 Å². The Hall–Kier alpha value is -3.31. The number of nitrogens with zero attached hydrogens (tertiary/aromatic N) is 6. The first-order chi connectivity index (χ1) is 16.3. The number of benzene rings is 1.